The van der Waals surface area contributed by atoms with Gasteiger partial charge < -0.3 is 19.7 Å². The zero-order valence-corrected chi connectivity index (χ0v) is 9.82. The van der Waals surface area contributed by atoms with Crippen molar-refractivity contribution in [2.24, 2.45) is 0 Å². The number of rotatable bonds is 3. The summed E-state index contributed by atoms with van der Waals surface area (Å²) in [4.78, 5) is 0. The fourth-order valence-corrected chi connectivity index (χ4v) is 1.92. The zero-order chi connectivity index (χ0) is 12.3. The van der Waals surface area contributed by atoms with Crippen LogP contribution in [0.1, 0.15) is 18.9 Å². The predicted molar refractivity (Wildman–Crippen MR) is 62.2 cm³/mol. The Morgan fingerprint density at radius 2 is 2.00 bits per heavy atom. The Kier molecular flexibility index (Phi) is 4.12. The number of aliphatic hydroxyl groups excluding tert-OH is 2. The van der Waals surface area contributed by atoms with Crippen molar-refractivity contribution in [2.45, 2.75) is 44.6 Å². The van der Waals surface area contributed by atoms with E-state index in [1.165, 1.54) is 0 Å². The van der Waals surface area contributed by atoms with E-state index < -0.39 is 18.5 Å². The molecule has 0 amide bonds. The topological polar surface area (TPSA) is 58.9 Å². The maximum absolute atomic E-state index is 9.73. The van der Waals surface area contributed by atoms with Gasteiger partial charge in [-0.05, 0) is 12.5 Å². The molecule has 4 atom stereocenters. The Balaban J connectivity index is 1.89. The third-order valence-electron chi connectivity index (χ3n) is 2.87. The molecule has 1 heterocycles. The first-order valence-electron chi connectivity index (χ1n) is 5.84. The Morgan fingerprint density at radius 3 is 2.71 bits per heavy atom. The summed E-state index contributed by atoms with van der Waals surface area (Å²) in [5.41, 5.74) is 1.01. The summed E-state index contributed by atoms with van der Waals surface area (Å²) < 4.78 is 10.9. The van der Waals surface area contributed by atoms with Crippen LogP contribution in [0.25, 0.3) is 0 Å². The van der Waals surface area contributed by atoms with Gasteiger partial charge in [-0.3, -0.25) is 0 Å². The molecule has 1 saturated heterocycles. The first-order chi connectivity index (χ1) is 8.16. The number of benzene rings is 1. The fraction of sp³-hybridized carbons (Fsp3) is 0.538. The number of ether oxygens (including phenoxy) is 2. The van der Waals surface area contributed by atoms with Crippen LogP contribution in [0.4, 0.5) is 0 Å². The quantitative estimate of drug-likeness (QED) is 0.826. The molecule has 0 aromatic heterocycles. The molecular weight excluding hydrogens is 220 g/mol. The van der Waals surface area contributed by atoms with Crippen LogP contribution in [-0.4, -0.2) is 34.8 Å². The highest BCUT2D eigenvalue weighted by molar-refractivity contribution is 5.13. The number of hydrogen-bond acceptors (Lipinski definition) is 4. The normalized spacial score (nSPS) is 33.6. The molecule has 0 saturated carbocycles. The SMILES string of the molecule is C[C@@H]1C[C@H](O)[C@H](O)[C@@H](OCc2ccccc2)O1. The van der Waals surface area contributed by atoms with E-state index in [1.807, 2.05) is 37.3 Å². The summed E-state index contributed by atoms with van der Waals surface area (Å²) in [6.07, 6.45) is -2.18. The Morgan fingerprint density at radius 1 is 1.29 bits per heavy atom. The molecule has 0 aliphatic carbocycles. The second-order valence-corrected chi connectivity index (χ2v) is 4.41. The van der Waals surface area contributed by atoms with E-state index in [2.05, 4.69) is 0 Å². The molecule has 0 bridgehead atoms. The molecule has 4 heteroatoms. The molecule has 0 radical (unpaired) electrons. The minimum Gasteiger partial charge on any atom is -0.390 e. The fourth-order valence-electron chi connectivity index (χ4n) is 1.92. The Labute approximate surface area is 101 Å². The minimum absolute atomic E-state index is 0.103. The average molecular weight is 238 g/mol. The van der Waals surface area contributed by atoms with Gasteiger partial charge in [0.1, 0.15) is 6.10 Å². The highest BCUT2D eigenvalue weighted by atomic mass is 16.7. The molecule has 1 aliphatic rings. The molecule has 2 N–H and O–H groups in total. The summed E-state index contributed by atoms with van der Waals surface area (Å²) in [5.74, 6) is 0. The molecule has 2 rings (SSSR count). The molecule has 1 aromatic rings. The summed E-state index contributed by atoms with van der Waals surface area (Å²) >= 11 is 0. The van der Waals surface area contributed by atoms with Gasteiger partial charge in [0.05, 0.1) is 18.8 Å². The molecule has 94 valence electrons. The minimum atomic E-state index is -0.977. The van der Waals surface area contributed by atoms with Crippen molar-refractivity contribution in [3.8, 4) is 0 Å². The van der Waals surface area contributed by atoms with E-state index in [0.29, 0.717) is 13.0 Å². The van der Waals surface area contributed by atoms with Crippen LogP contribution in [0.15, 0.2) is 30.3 Å². The lowest BCUT2D eigenvalue weighted by molar-refractivity contribution is -0.267. The van der Waals surface area contributed by atoms with E-state index in [0.717, 1.165) is 5.56 Å². The van der Waals surface area contributed by atoms with Gasteiger partial charge in [0.25, 0.3) is 0 Å². The smallest absolute Gasteiger partial charge is 0.186 e. The standard InChI is InChI=1S/C13H18O4/c1-9-7-11(14)12(15)13(17-9)16-8-10-5-3-2-4-6-10/h2-6,9,11-15H,7-8H2,1H3/t9-,11+,12+,13+/m1/s1. The van der Waals surface area contributed by atoms with Crippen LogP contribution in [0.2, 0.25) is 0 Å². The van der Waals surface area contributed by atoms with Crippen LogP contribution >= 0.6 is 0 Å². The van der Waals surface area contributed by atoms with Crippen LogP contribution in [-0.2, 0) is 16.1 Å². The van der Waals surface area contributed by atoms with Crippen molar-refractivity contribution in [3.63, 3.8) is 0 Å². The molecule has 1 aromatic carbocycles. The van der Waals surface area contributed by atoms with Crippen molar-refractivity contribution in [1.29, 1.82) is 0 Å². The highest BCUT2D eigenvalue weighted by Crippen LogP contribution is 2.21. The second kappa shape index (κ2) is 5.60. The summed E-state index contributed by atoms with van der Waals surface area (Å²) in [6, 6.07) is 9.66. The summed E-state index contributed by atoms with van der Waals surface area (Å²) in [5, 5.41) is 19.3. The van der Waals surface area contributed by atoms with Crippen LogP contribution < -0.4 is 0 Å². The van der Waals surface area contributed by atoms with Crippen molar-refractivity contribution in [1.82, 2.24) is 0 Å². The van der Waals surface area contributed by atoms with E-state index in [4.69, 9.17) is 9.47 Å². The third-order valence-corrected chi connectivity index (χ3v) is 2.87. The number of aliphatic hydroxyl groups is 2. The lowest BCUT2D eigenvalue weighted by Crippen LogP contribution is -2.48. The molecular formula is C13H18O4. The summed E-state index contributed by atoms with van der Waals surface area (Å²) in [6.45, 7) is 2.22. The molecule has 1 aliphatic heterocycles. The van der Waals surface area contributed by atoms with Crippen molar-refractivity contribution < 1.29 is 19.7 Å². The van der Waals surface area contributed by atoms with Crippen LogP contribution in [0, 0.1) is 0 Å². The monoisotopic (exact) mass is 238 g/mol. The van der Waals surface area contributed by atoms with Gasteiger partial charge in [0, 0.05) is 6.42 Å². The van der Waals surface area contributed by atoms with E-state index in [1.54, 1.807) is 0 Å². The first kappa shape index (κ1) is 12.5. The molecule has 1 fully saturated rings. The maximum Gasteiger partial charge on any atom is 0.186 e. The molecule has 4 nitrogen and oxygen atoms in total. The van der Waals surface area contributed by atoms with E-state index in [-0.39, 0.29) is 6.10 Å². The highest BCUT2D eigenvalue weighted by Gasteiger charge is 2.35. The van der Waals surface area contributed by atoms with Crippen molar-refractivity contribution in [3.05, 3.63) is 35.9 Å². The van der Waals surface area contributed by atoms with Gasteiger partial charge in [-0.25, -0.2) is 0 Å². The van der Waals surface area contributed by atoms with Crippen molar-refractivity contribution in [2.75, 3.05) is 0 Å². The third kappa shape index (κ3) is 3.26. The lowest BCUT2D eigenvalue weighted by Gasteiger charge is -2.35. The maximum atomic E-state index is 9.73. The average Bonchev–Trinajstić information content (AvgIpc) is 2.33. The number of hydrogen-bond donors (Lipinski definition) is 2. The Hall–Kier alpha value is -0.940. The van der Waals surface area contributed by atoms with Gasteiger partial charge in [-0.2, -0.15) is 0 Å². The first-order valence-corrected chi connectivity index (χ1v) is 5.84. The largest absolute Gasteiger partial charge is 0.390 e. The van der Waals surface area contributed by atoms with Crippen LogP contribution in [0.3, 0.4) is 0 Å². The van der Waals surface area contributed by atoms with Gasteiger partial charge in [-0.1, -0.05) is 30.3 Å². The second-order valence-electron chi connectivity index (χ2n) is 4.41. The Bertz CT molecular complexity index is 341. The molecule has 17 heavy (non-hydrogen) atoms. The van der Waals surface area contributed by atoms with Gasteiger partial charge in [0.15, 0.2) is 6.29 Å². The summed E-state index contributed by atoms with van der Waals surface area (Å²) in [7, 11) is 0. The van der Waals surface area contributed by atoms with E-state index in [9.17, 15) is 10.2 Å². The van der Waals surface area contributed by atoms with Crippen LogP contribution in [0.5, 0.6) is 0 Å². The zero-order valence-electron chi connectivity index (χ0n) is 9.82. The molecule has 0 unspecified atom stereocenters. The van der Waals surface area contributed by atoms with E-state index >= 15 is 0 Å². The molecule has 0 spiro atoms. The van der Waals surface area contributed by atoms with Gasteiger partial charge in [0.2, 0.25) is 0 Å². The predicted octanol–water partition coefficient (Wildman–Crippen LogP) is 1.06. The van der Waals surface area contributed by atoms with Gasteiger partial charge in [-0.15, -0.1) is 0 Å². The van der Waals surface area contributed by atoms with Gasteiger partial charge >= 0.3 is 0 Å². The lowest BCUT2D eigenvalue weighted by atomic mass is 10.0. The van der Waals surface area contributed by atoms with Crippen molar-refractivity contribution >= 4 is 0 Å².